The second kappa shape index (κ2) is 7.41. The fraction of sp³-hybridized carbons (Fsp3) is 0.278. The predicted octanol–water partition coefficient (Wildman–Crippen LogP) is 4.00. The van der Waals surface area contributed by atoms with E-state index < -0.39 is 5.25 Å². The Morgan fingerprint density at radius 3 is 2.76 bits per heavy atom. The first-order valence-electron chi connectivity index (χ1n) is 7.93. The number of carbonyl (C=O) groups excluding carboxylic acids is 1. The van der Waals surface area contributed by atoms with E-state index in [4.69, 9.17) is 4.74 Å². The van der Waals surface area contributed by atoms with E-state index in [1.165, 1.54) is 23.1 Å². The molecule has 1 atom stereocenters. The van der Waals surface area contributed by atoms with Crippen molar-refractivity contribution in [3.05, 3.63) is 45.6 Å². The van der Waals surface area contributed by atoms with E-state index in [1.807, 2.05) is 37.3 Å². The Hall–Kier alpha value is -2.12. The molecule has 3 aromatic rings. The number of rotatable bonds is 5. The number of hydrogen-bond acceptors (Lipinski definition) is 6. The highest BCUT2D eigenvalue weighted by Gasteiger charge is 2.20. The molecule has 130 valence electrons. The number of ether oxygens (including phenoxy) is 1. The maximum Gasteiger partial charge on any atom is 0.319 e. The molecule has 0 bridgehead atoms. The molecule has 2 aromatic heterocycles. The highest BCUT2D eigenvalue weighted by atomic mass is 32.2. The van der Waals surface area contributed by atoms with E-state index >= 15 is 0 Å². The summed E-state index contributed by atoms with van der Waals surface area (Å²) >= 11 is 2.68. The van der Waals surface area contributed by atoms with Gasteiger partial charge in [-0.15, -0.1) is 11.3 Å². The van der Waals surface area contributed by atoms with Gasteiger partial charge in [0.25, 0.3) is 5.56 Å². The SMILES string of the molecule is CCOC(=O)C(C)Sc1nc2sc(C)c(-c3ccccc3)c2c(=O)[nH]1. The zero-order chi connectivity index (χ0) is 18.0. The number of esters is 1. The fourth-order valence-corrected chi connectivity index (χ4v) is 4.48. The van der Waals surface area contributed by atoms with Crippen LogP contribution in [0.1, 0.15) is 18.7 Å². The molecule has 3 rings (SSSR count). The number of aromatic amines is 1. The number of hydrogen-bond donors (Lipinski definition) is 1. The van der Waals surface area contributed by atoms with Crippen molar-refractivity contribution in [1.82, 2.24) is 9.97 Å². The van der Waals surface area contributed by atoms with Gasteiger partial charge in [0.1, 0.15) is 10.1 Å². The second-order valence-electron chi connectivity index (χ2n) is 5.46. The van der Waals surface area contributed by atoms with Crippen molar-refractivity contribution in [3.63, 3.8) is 0 Å². The molecule has 0 saturated carbocycles. The molecule has 0 aliphatic heterocycles. The summed E-state index contributed by atoms with van der Waals surface area (Å²) in [5, 5.41) is 0.593. The van der Waals surface area contributed by atoms with Gasteiger partial charge < -0.3 is 9.72 Å². The first kappa shape index (κ1) is 17.7. The lowest BCUT2D eigenvalue weighted by molar-refractivity contribution is -0.142. The van der Waals surface area contributed by atoms with Gasteiger partial charge in [-0.3, -0.25) is 9.59 Å². The number of aromatic nitrogens is 2. The van der Waals surface area contributed by atoms with Crippen LogP contribution in [-0.4, -0.2) is 27.8 Å². The van der Waals surface area contributed by atoms with Gasteiger partial charge in [0, 0.05) is 10.4 Å². The molecule has 1 aromatic carbocycles. The van der Waals surface area contributed by atoms with Crippen LogP contribution >= 0.6 is 23.1 Å². The Morgan fingerprint density at radius 2 is 2.08 bits per heavy atom. The van der Waals surface area contributed by atoms with Gasteiger partial charge >= 0.3 is 5.97 Å². The minimum absolute atomic E-state index is 0.188. The molecule has 0 saturated heterocycles. The zero-order valence-corrected chi connectivity index (χ0v) is 15.8. The first-order valence-corrected chi connectivity index (χ1v) is 9.63. The van der Waals surface area contributed by atoms with Crippen molar-refractivity contribution in [2.45, 2.75) is 31.2 Å². The van der Waals surface area contributed by atoms with Crippen molar-refractivity contribution in [2.24, 2.45) is 0 Å². The topological polar surface area (TPSA) is 72.0 Å². The minimum Gasteiger partial charge on any atom is -0.465 e. The molecular weight excluding hydrogens is 356 g/mol. The standard InChI is InChI=1S/C18H18N2O3S2/c1-4-23-17(22)11(3)25-18-19-15(21)14-13(10(2)24-16(14)20-18)12-8-6-5-7-9-12/h5-9,11H,4H2,1-3H3,(H,19,20,21). The van der Waals surface area contributed by atoms with E-state index in [2.05, 4.69) is 9.97 Å². The van der Waals surface area contributed by atoms with Gasteiger partial charge in [-0.1, -0.05) is 42.1 Å². The molecule has 1 unspecified atom stereocenters. The summed E-state index contributed by atoms with van der Waals surface area (Å²) in [4.78, 5) is 33.5. The number of thiophene rings is 1. The third kappa shape index (κ3) is 3.62. The van der Waals surface area contributed by atoms with E-state index in [0.29, 0.717) is 22.0 Å². The molecule has 25 heavy (non-hydrogen) atoms. The third-order valence-corrected chi connectivity index (χ3v) is 5.65. The summed E-state index contributed by atoms with van der Waals surface area (Å²) in [6, 6.07) is 9.82. The van der Waals surface area contributed by atoms with E-state index in [1.54, 1.807) is 13.8 Å². The summed E-state index contributed by atoms with van der Waals surface area (Å²) in [5.74, 6) is -0.317. The predicted molar refractivity (Wildman–Crippen MR) is 102 cm³/mol. The lowest BCUT2D eigenvalue weighted by atomic mass is 10.0. The summed E-state index contributed by atoms with van der Waals surface area (Å²) in [6.07, 6.45) is 0. The summed E-state index contributed by atoms with van der Waals surface area (Å²) in [5.41, 5.74) is 1.73. The average molecular weight is 374 g/mol. The largest absolute Gasteiger partial charge is 0.465 e. The van der Waals surface area contributed by atoms with Gasteiger partial charge in [-0.25, -0.2) is 4.98 Å². The monoisotopic (exact) mass is 374 g/mol. The average Bonchev–Trinajstić information content (AvgIpc) is 2.92. The van der Waals surface area contributed by atoms with Crippen LogP contribution in [0.3, 0.4) is 0 Å². The van der Waals surface area contributed by atoms with Crippen LogP contribution in [-0.2, 0) is 9.53 Å². The van der Waals surface area contributed by atoms with Crippen molar-refractivity contribution in [2.75, 3.05) is 6.61 Å². The Balaban J connectivity index is 2.02. The summed E-state index contributed by atoms with van der Waals surface area (Å²) in [6.45, 7) is 5.82. The third-order valence-electron chi connectivity index (χ3n) is 3.69. The van der Waals surface area contributed by atoms with Crippen molar-refractivity contribution < 1.29 is 9.53 Å². The molecule has 0 radical (unpaired) electrons. The molecule has 5 nitrogen and oxygen atoms in total. The lowest BCUT2D eigenvalue weighted by Crippen LogP contribution is -2.18. The van der Waals surface area contributed by atoms with E-state index in [-0.39, 0.29) is 11.5 Å². The fourth-order valence-electron chi connectivity index (χ4n) is 2.58. The van der Waals surface area contributed by atoms with Gasteiger partial charge in [-0.05, 0) is 26.3 Å². The number of nitrogens with one attached hydrogen (secondary N) is 1. The van der Waals surface area contributed by atoms with Gasteiger partial charge in [-0.2, -0.15) is 0 Å². The van der Waals surface area contributed by atoms with E-state index in [0.717, 1.165) is 16.0 Å². The molecule has 0 aliphatic rings. The van der Waals surface area contributed by atoms with Gasteiger partial charge in [0.05, 0.1) is 12.0 Å². The molecule has 7 heteroatoms. The molecule has 2 heterocycles. The van der Waals surface area contributed by atoms with Crippen LogP contribution in [0, 0.1) is 6.92 Å². The van der Waals surface area contributed by atoms with Crippen molar-refractivity contribution in [1.29, 1.82) is 0 Å². The Bertz CT molecular complexity index is 964. The smallest absolute Gasteiger partial charge is 0.319 e. The maximum absolute atomic E-state index is 12.7. The second-order valence-corrected chi connectivity index (χ2v) is 8.00. The van der Waals surface area contributed by atoms with Crippen LogP contribution in [0.2, 0.25) is 0 Å². The van der Waals surface area contributed by atoms with Crippen LogP contribution in [0.15, 0.2) is 40.3 Å². The molecule has 1 N–H and O–H groups in total. The molecular formula is C18H18N2O3S2. The Labute approximate surface area is 153 Å². The number of fused-ring (bicyclic) bond motifs is 1. The lowest BCUT2D eigenvalue weighted by Gasteiger charge is -2.09. The maximum atomic E-state index is 12.7. The van der Waals surface area contributed by atoms with Crippen molar-refractivity contribution >= 4 is 39.3 Å². The number of aryl methyl sites for hydroxylation is 1. The highest BCUT2D eigenvalue weighted by Crippen LogP contribution is 2.36. The van der Waals surface area contributed by atoms with E-state index in [9.17, 15) is 9.59 Å². The number of carbonyl (C=O) groups is 1. The van der Waals surface area contributed by atoms with Crippen molar-refractivity contribution in [3.8, 4) is 11.1 Å². The summed E-state index contributed by atoms with van der Waals surface area (Å²) in [7, 11) is 0. The number of nitrogens with zero attached hydrogens (tertiary/aromatic N) is 1. The number of H-pyrrole nitrogens is 1. The van der Waals surface area contributed by atoms with Crippen LogP contribution in [0.5, 0.6) is 0 Å². The normalized spacial score (nSPS) is 12.3. The highest BCUT2D eigenvalue weighted by molar-refractivity contribution is 8.00. The summed E-state index contributed by atoms with van der Waals surface area (Å²) < 4.78 is 5.00. The molecule has 0 amide bonds. The van der Waals surface area contributed by atoms with Gasteiger partial charge in [0.15, 0.2) is 5.16 Å². The minimum atomic E-state index is -0.435. The quantitative estimate of drug-likeness (QED) is 0.415. The number of benzene rings is 1. The van der Waals surface area contributed by atoms with Gasteiger partial charge in [0.2, 0.25) is 0 Å². The molecule has 0 aliphatic carbocycles. The Morgan fingerprint density at radius 1 is 1.36 bits per heavy atom. The molecule has 0 spiro atoms. The van der Waals surface area contributed by atoms with Crippen LogP contribution in [0.25, 0.3) is 21.3 Å². The first-order chi connectivity index (χ1) is 12.0. The van der Waals surface area contributed by atoms with Crippen LogP contribution in [0.4, 0.5) is 0 Å². The molecule has 0 fully saturated rings. The zero-order valence-electron chi connectivity index (χ0n) is 14.2. The number of thioether (sulfide) groups is 1. The van der Waals surface area contributed by atoms with Crippen LogP contribution < -0.4 is 5.56 Å². The Kier molecular flexibility index (Phi) is 5.24.